The van der Waals surface area contributed by atoms with Crippen molar-refractivity contribution in [2.24, 2.45) is 5.92 Å². The molecule has 2 saturated heterocycles. The Labute approximate surface area is 203 Å². The van der Waals surface area contributed by atoms with Crippen LogP contribution in [-0.4, -0.2) is 78.6 Å². The highest BCUT2D eigenvalue weighted by molar-refractivity contribution is 7.89. The molecule has 2 fully saturated rings. The van der Waals surface area contributed by atoms with Crippen LogP contribution in [0.25, 0.3) is 11.0 Å². The number of likely N-dealkylation sites (N-methyl/N-ethyl adjacent to an activating group) is 1. The van der Waals surface area contributed by atoms with E-state index < -0.39 is 15.9 Å². The molecule has 0 aliphatic carbocycles. The number of rotatable bonds is 5. The Hall–Kier alpha value is -2.60. The third-order valence-corrected chi connectivity index (χ3v) is 9.07. The van der Waals surface area contributed by atoms with E-state index in [1.165, 1.54) is 4.31 Å². The number of piperazine rings is 1. The van der Waals surface area contributed by atoms with Crippen LogP contribution < -0.4 is 10.2 Å². The van der Waals surface area contributed by atoms with Gasteiger partial charge in [-0.2, -0.15) is 13.1 Å². The highest BCUT2D eigenvalue weighted by atomic mass is 32.2. The number of hydrogen-bond acceptors (Lipinski definition) is 8. The number of piperidine rings is 1. The van der Waals surface area contributed by atoms with Crippen molar-refractivity contribution in [3.05, 3.63) is 42.5 Å². The Balaban J connectivity index is 1.32. The van der Waals surface area contributed by atoms with E-state index in [1.54, 1.807) is 18.2 Å². The van der Waals surface area contributed by atoms with E-state index in [2.05, 4.69) is 30.9 Å². The lowest BCUT2D eigenvalue weighted by Gasteiger charge is -2.35. The molecule has 3 heterocycles. The summed E-state index contributed by atoms with van der Waals surface area (Å²) in [7, 11) is -1.67. The van der Waals surface area contributed by atoms with Crippen molar-refractivity contribution in [1.29, 1.82) is 0 Å². The van der Waals surface area contributed by atoms with Gasteiger partial charge in [0.15, 0.2) is 0 Å². The highest BCUT2D eigenvalue weighted by Crippen LogP contribution is 2.30. The van der Waals surface area contributed by atoms with Crippen molar-refractivity contribution in [3.63, 3.8) is 0 Å². The summed E-state index contributed by atoms with van der Waals surface area (Å²) in [5, 5.41) is 3.09. The standard InChI is InChI=1S/C23H28N6O3S2/c1-27-12-14-28(15-13-27)20-9-3-2-7-18(20)24-23(30)17-6-5-11-29(16-17)34(31,32)21-10-4-8-19-22(21)26-33-25-19/h2-4,7-10,17H,5-6,11-16H2,1H3,(H,24,30)/t17-/m0/s1. The summed E-state index contributed by atoms with van der Waals surface area (Å²) >= 11 is 0.996. The lowest BCUT2D eigenvalue weighted by Crippen LogP contribution is -2.45. The Kier molecular flexibility index (Phi) is 6.52. The number of nitrogens with one attached hydrogen (secondary N) is 1. The van der Waals surface area contributed by atoms with Crippen LogP contribution in [0.4, 0.5) is 11.4 Å². The molecule has 180 valence electrons. The van der Waals surface area contributed by atoms with Crippen molar-refractivity contribution >= 4 is 50.1 Å². The molecule has 0 unspecified atom stereocenters. The summed E-state index contributed by atoms with van der Waals surface area (Å²) < 4.78 is 36.6. The SMILES string of the molecule is CN1CCN(c2ccccc2NC(=O)[C@H]2CCCN(S(=O)(=O)c3cccc4nsnc34)C2)CC1. The number of carbonyl (C=O) groups excluding carboxylic acids is 1. The maximum Gasteiger partial charge on any atom is 0.245 e. The van der Waals surface area contributed by atoms with E-state index in [-0.39, 0.29) is 17.3 Å². The largest absolute Gasteiger partial charge is 0.367 e. The third-order valence-electron chi connectivity index (χ3n) is 6.63. The van der Waals surface area contributed by atoms with Crippen molar-refractivity contribution in [3.8, 4) is 0 Å². The fourth-order valence-electron chi connectivity index (χ4n) is 4.64. The van der Waals surface area contributed by atoms with Crippen LogP contribution in [0.1, 0.15) is 12.8 Å². The molecule has 1 N–H and O–H groups in total. The lowest BCUT2D eigenvalue weighted by atomic mass is 9.98. The average Bonchev–Trinajstić information content (AvgIpc) is 3.34. The number of hydrogen-bond donors (Lipinski definition) is 1. The summed E-state index contributed by atoms with van der Waals surface area (Å²) in [5.74, 6) is -0.563. The molecule has 0 saturated carbocycles. The first kappa shape index (κ1) is 23.2. The van der Waals surface area contributed by atoms with Gasteiger partial charge < -0.3 is 15.1 Å². The number of aromatic nitrogens is 2. The molecule has 0 radical (unpaired) electrons. The van der Waals surface area contributed by atoms with Gasteiger partial charge in [-0.1, -0.05) is 18.2 Å². The van der Waals surface area contributed by atoms with E-state index in [0.29, 0.717) is 30.4 Å². The number of para-hydroxylation sites is 2. The molecule has 34 heavy (non-hydrogen) atoms. The van der Waals surface area contributed by atoms with E-state index in [0.717, 1.165) is 49.3 Å². The second kappa shape index (κ2) is 9.57. The topological polar surface area (TPSA) is 98.7 Å². The van der Waals surface area contributed by atoms with Crippen molar-refractivity contribution in [1.82, 2.24) is 18.0 Å². The van der Waals surface area contributed by atoms with Gasteiger partial charge in [-0.25, -0.2) is 8.42 Å². The molecule has 2 aromatic carbocycles. The zero-order chi connectivity index (χ0) is 23.7. The third kappa shape index (κ3) is 4.52. The van der Waals surface area contributed by atoms with Gasteiger partial charge in [0.2, 0.25) is 15.9 Å². The number of carbonyl (C=O) groups is 1. The van der Waals surface area contributed by atoms with Crippen molar-refractivity contribution in [2.45, 2.75) is 17.7 Å². The first-order valence-corrected chi connectivity index (χ1v) is 13.7. The summed E-state index contributed by atoms with van der Waals surface area (Å²) in [6, 6.07) is 12.8. The number of fused-ring (bicyclic) bond motifs is 1. The van der Waals surface area contributed by atoms with Crippen molar-refractivity contribution in [2.75, 3.05) is 56.5 Å². The monoisotopic (exact) mass is 500 g/mol. The number of amides is 1. The van der Waals surface area contributed by atoms with E-state index in [4.69, 9.17) is 0 Å². The fraction of sp³-hybridized carbons (Fsp3) is 0.435. The number of sulfonamides is 1. The molecule has 5 rings (SSSR count). The van der Waals surface area contributed by atoms with Gasteiger partial charge in [0.05, 0.1) is 29.0 Å². The normalized spacial score (nSPS) is 20.5. The predicted octanol–water partition coefficient (Wildman–Crippen LogP) is 2.48. The molecule has 11 heteroatoms. The molecule has 9 nitrogen and oxygen atoms in total. The zero-order valence-electron chi connectivity index (χ0n) is 19.1. The Morgan fingerprint density at radius 2 is 1.82 bits per heavy atom. The summed E-state index contributed by atoms with van der Waals surface area (Å²) in [4.78, 5) is 18.0. The van der Waals surface area contributed by atoms with Crippen LogP contribution in [0.2, 0.25) is 0 Å². The smallest absolute Gasteiger partial charge is 0.245 e. The van der Waals surface area contributed by atoms with E-state index in [1.807, 2.05) is 24.3 Å². The van der Waals surface area contributed by atoms with Gasteiger partial charge in [0, 0.05) is 39.3 Å². The van der Waals surface area contributed by atoms with Crippen LogP contribution in [0.15, 0.2) is 47.4 Å². The maximum atomic E-state index is 13.4. The first-order valence-electron chi connectivity index (χ1n) is 11.5. The quantitative estimate of drug-likeness (QED) is 0.575. The Morgan fingerprint density at radius 1 is 1.03 bits per heavy atom. The maximum absolute atomic E-state index is 13.4. The van der Waals surface area contributed by atoms with Gasteiger partial charge in [-0.05, 0) is 44.2 Å². The minimum atomic E-state index is -3.78. The zero-order valence-corrected chi connectivity index (χ0v) is 20.7. The van der Waals surface area contributed by atoms with E-state index in [9.17, 15) is 13.2 Å². The van der Waals surface area contributed by atoms with Gasteiger partial charge >= 0.3 is 0 Å². The molecule has 0 bridgehead atoms. The molecular formula is C23H28N6O3S2. The molecular weight excluding hydrogens is 472 g/mol. The number of benzene rings is 2. The molecule has 1 amide bonds. The van der Waals surface area contributed by atoms with Gasteiger partial charge in [-0.15, -0.1) is 0 Å². The minimum absolute atomic E-state index is 0.144. The van der Waals surface area contributed by atoms with Crippen LogP contribution in [0, 0.1) is 5.92 Å². The highest BCUT2D eigenvalue weighted by Gasteiger charge is 2.35. The van der Waals surface area contributed by atoms with Crippen LogP contribution in [0.5, 0.6) is 0 Å². The summed E-state index contributed by atoms with van der Waals surface area (Å²) in [5.41, 5.74) is 2.74. The van der Waals surface area contributed by atoms with Gasteiger partial charge in [0.25, 0.3) is 0 Å². The molecule has 0 spiro atoms. The Morgan fingerprint density at radius 3 is 2.65 bits per heavy atom. The van der Waals surface area contributed by atoms with Crippen LogP contribution in [0.3, 0.4) is 0 Å². The van der Waals surface area contributed by atoms with Crippen LogP contribution in [-0.2, 0) is 14.8 Å². The predicted molar refractivity (Wildman–Crippen MR) is 134 cm³/mol. The van der Waals surface area contributed by atoms with Crippen LogP contribution >= 0.6 is 11.7 Å². The second-order valence-electron chi connectivity index (χ2n) is 8.89. The number of nitrogens with zero attached hydrogens (tertiary/aromatic N) is 5. The van der Waals surface area contributed by atoms with Crippen molar-refractivity contribution < 1.29 is 13.2 Å². The first-order chi connectivity index (χ1) is 16.4. The summed E-state index contributed by atoms with van der Waals surface area (Å²) in [6.45, 7) is 4.28. The average molecular weight is 501 g/mol. The van der Waals surface area contributed by atoms with E-state index >= 15 is 0 Å². The van der Waals surface area contributed by atoms with Gasteiger partial charge in [-0.3, -0.25) is 4.79 Å². The minimum Gasteiger partial charge on any atom is -0.367 e. The second-order valence-corrected chi connectivity index (χ2v) is 11.3. The molecule has 3 aromatic rings. The Bertz CT molecular complexity index is 1290. The van der Waals surface area contributed by atoms with Gasteiger partial charge in [0.1, 0.15) is 15.9 Å². The summed E-state index contributed by atoms with van der Waals surface area (Å²) in [6.07, 6.45) is 1.28. The molecule has 2 aliphatic rings. The lowest BCUT2D eigenvalue weighted by molar-refractivity contribution is -0.120. The fourth-order valence-corrected chi connectivity index (χ4v) is 6.92. The molecule has 1 aromatic heterocycles. The number of anilines is 2. The molecule has 2 aliphatic heterocycles. The molecule has 1 atom stereocenters.